The number of hydrogen-bond donors (Lipinski definition) is 2. The van der Waals surface area contributed by atoms with E-state index in [1.54, 1.807) is 12.1 Å². The van der Waals surface area contributed by atoms with E-state index >= 15 is 0 Å². The number of halogens is 1. The van der Waals surface area contributed by atoms with Crippen LogP contribution in [0.3, 0.4) is 0 Å². The van der Waals surface area contributed by atoms with Gasteiger partial charge in [0.15, 0.2) is 0 Å². The number of carbonyl (C=O) groups is 1. The lowest BCUT2D eigenvalue weighted by Gasteiger charge is -2.04. The maximum Gasteiger partial charge on any atom is 0.261 e. The number of aliphatic hydroxyl groups excluding tert-OH is 1. The zero-order valence-corrected chi connectivity index (χ0v) is 12.8. The topological polar surface area (TPSA) is 49.3 Å². The average molecular weight is 320 g/mol. The Bertz CT molecular complexity index is 685. The molecule has 2 aromatic rings. The lowest BCUT2D eigenvalue weighted by molar-refractivity contribution is 0.0955. The monoisotopic (exact) mass is 319 g/mol. The van der Waals surface area contributed by atoms with Gasteiger partial charge in [0.05, 0.1) is 16.4 Å². The molecular formula is C16H14ClNO2S. The van der Waals surface area contributed by atoms with E-state index in [-0.39, 0.29) is 12.5 Å². The van der Waals surface area contributed by atoms with Gasteiger partial charge in [-0.25, -0.2) is 0 Å². The molecule has 2 rings (SSSR count). The second-order valence-corrected chi connectivity index (χ2v) is 5.77. The van der Waals surface area contributed by atoms with E-state index in [4.69, 9.17) is 16.7 Å². The molecule has 1 aromatic carbocycles. The third-order valence-corrected chi connectivity index (χ3v) is 3.85. The van der Waals surface area contributed by atoms with E-state index in [1.165, 1.54) is 11.3 Å². The Labute approximate surface area is 132 Å². The van der Waals surface area contributed by atoms with Crippen molar-refractivity contribution in [2.24, 2.45) is 0 Å². The standard InChI is InChI=1S/C16H14ClNO2S/c17-13-5-3-4-12(10-13)11-18-16(20)15-8-7-14(21-15)6-1-2-9-19/h3-5,7-8,10,19H,2,9,11H2,(H,18,20). The highest BCUT2D eigenvalue weighted by Crippen LogP contribution is 2.16. The summed E-state index contributed by atoms with van der Waals surface area (Å²) in [6.07, 6.45) is 0.439. The molecule has 3 nitrogen and oxygen atoms in total. The van der Waals surface area contributed by atoms with Gasteiger partial charge in [0.2, 0.25) is 0 Å². The lowest BCUT2D eigenvalue weighted by Crippen LogP contribution is -2.21. The molecule has 5 heteroatoms. The summed E-state index contributed by atoms with van der Waals surface area (Å²) in [5, 5.41) is 12.2. The second kappa shape index (κ2) is 7.84. The molecule has 0 aliphatic carbocycles. The quantitative estimate of drug-likeness (QED) is 0.851. The van der Waals surface area contributed by atoms with Gasteiger partial charge in [0.25, 0.3) is 5.91 Å². The third-order valence-electron chi connectivity index (χ3n) is 2.62. The van der Waals surface area contributed by atoms with Crippen LogP contribution in [0.15, 0.2) is 36.4 Å². The number of aliphatic hydroxyl groups is 1. The van der Waals surface area contributed by atoms with Crippen molar-refractivity contribution in [3.05, 3.63) is 56.7 Å². The lowest BCUT2D eigenvalue weighted by atomic mass is 10.2. The molecule has 2 N–H and O–H groups in total. The summed E-state index contributed by atoms with van der Waals surface area (Å²) in [6, 6.07) is 10.9. The van der Waals surface area contributed by atoms with Gasteiger partial charge in [-0.3, -0.25) is 4.79 Å². The fourth-order valence-electron chi connectivity index (χ4n) is 1.65. The molecule has 0 unspecified atom stereocenters. The average Bonchev–Trinajstić information content (AvgIpc) is 2.94. The Morgan fingerprint density at radius 2 is 2.19 bits per heavy atom. The zero-order chi connectivity index (χ0) is 15.1. The van der Waals surface area contributed by atoms with Gasteiger partial charge in [0, 0.05) is 18.0 Å². The molecule has 1 amide bonds. The first-order valence-electron chi connectivity index (χ1n) is 6.41. The summed E-state index contributed by atoms with van der Waals surface area (Å²) in [5.41, 5.74) is 0.954. The summed E-state index contributed by atoms with van der Waals surface area (Å²) in [6.45, 7) is 0.480. The SMILES string of the molecule is O=C(NCc1cccc(Cl)c1)c1ccc(C#CCCO)s1. The first kappa shape index (κ1) is 15.6. The molecule has 0 atom stereocenters. The van der Waals surface area contributed by atoms with E-state index in [0.717, 1.165) is 10.4 Å². The maximum atomic E-state index is 12.0. The van der Waals surface area contributed by atoms with Crippen LogP contribution in [0.4, 0.5) is 0 Å². The Hall–Kier alpha value is -1.80. The fraction of sp³-hybridized carbons (Fsp3) is 0.188. The molecule has 0 radical (unpaired) electrons. The van der Waals surface area contributed by atoms with Crippen LogP contribution in [-0.4, -0.2) is 17.6 Å². The Balaban J connectivity index is 1.93. The zero-order valence-electron chi connectivity index (χ0n) is 11.2. The highest BCUT2D eigenvalue weighted by molar-refractivity contribution is 7.14. The number of nitrogens with one attached hydrogen (secondary N) is 1. The molecule has 0 fully saturated rings. The van der Waals surface area contributed by atoms with E-state index in [2.05, 4.69) is 17.2 Å². The Kier molecular flexibility index (Phi) is 5.82. The predicted molar refractivity (Wildman–Crippen MR) is 85.5 cm³/mol. The molecule has 1 aromatic heterocycles. The molecule has 21 heavy (non-hydrogen) atoms. The smallest absolute Gasteiger partial charge is 0.261 e. The van der Waals surface area contributed by atoms with E-state index < -0.39 is 0 Å². The minimum atomic E-state index is -0.129. The van der Waals surface area contributed by atoms with Crippen LogP contribution < -0.4 is 5.32 Å². The second-order valence-electron chi connectivity index (χ2n) is 4.25. The van der Waals surface area contributed by atoms with Crippen molar-refractivity contribution < 1.29 is 9.90 Å². The number of benzene rings is 1. The highest BCUT2D eigenvalue weighted by atomic mass is 35.5. The maximum absolute atomic E-state index is 12.0. The van der Waals surface area contributed by atoms with Crippen LogP contribution in [-0.2, 0) is 6.54 Å². The van der Waals surface area contributed by atoms with Crippen molar-refractivity contribution in [1.82, 2.24) is 5.32 Å². The molecule has 0 aliphatic rings. The first-order chi connectivity index (χ1) is 10.2. The molecule has 0 saturated carbocycles. The van der Waals surface area contributed by atoms with Gasteiger partial charge in [-0.2, -0.15) is 0 Å². The summed E-state index contributed by atoms with van der Waals surface area (Å²) >= 11 is 7.23. The van der Waals surface area contributed by atoms with Gasteiger partial charge in [-0.1, -0.05) is 35.6 Å². The first-order valence-corrected chi connectivity index (χ1v) is 7.60. The summed E-state index contributed by atoms with van der Waals surface area (Å²) in [4.78, 5) is 13.5. The van der Waals surface area contributed by atoms with Gasteiger partial charge in [0.1, 0.15) is 0 Å². The predicted octanol–water partition coefficient (Wildman–Crippen LogP) is 3.07. The van der Waals surface area contributed by atoms with Gasteiger partial charge < -0.3 is 10.4 Å². The van der Waals surface area contributed by atoms with Crippen molar-refractivity contribution in [1.29, 1.82) is 0 Å². The molecule has 0 bridgehead atoms. The minimum Gasteiger partial charge on any atom is -0.395 e. The fourth-order valence-corrected chi connectivity index (χ4v) is 2.66. The van der Waals surface area contributed by atoms with Gasteiger partial charge in [-0.05, 0) is 29.8 Å². The molecule has 1 heterocycles. The number of amides is 1. The van der Waals surface area contributed by atoms with Crippen LogP contribution in [0.5, 0.6) is 0 Å². The molecule has 0 spiro atoms. The van der Waals surface area contributed by atoms with E-state index in [9.17, 15) is 4.79 Å². The number of hydrogen-bond acceptors (Lipinski definition) is 3. The highest BCUT2D eigenvalue weighted by Gasteiger charge is 2.08. The van der Waals surface area contributed by atoms with Crippen LogP contribution >= 0.6 is 22.9 Å². The molecule has 0 aliphatic heterocycles. The summed E-state index contributed by atoms with van der Waals surface area (Å²) in [5.74, 6) is 5.62. The molecular weight excluding hydrogens is 306 g/mol. The van der Waals surface area contributed by atoms with Crippen LogP contribution in [0.1, 0.15) is 26.5 Å². The summed E-state index contributed by atoms with van der Waals surface area (Å²) in [7, 11) is 0. The van der Waals surface area contributed by atoms with E-state index in [1.807, 2.05) is 24.3 Å². The van der Waals surface area contributed by atoms with Crippen LogP contribution in [0, 0.1) is 11.8 Å². The van der Waals surface area contributed by atoms with Gasteiger partial charge in [-0.15, -0.1) is 11.3 Å². The van der Waals surface area contributed by atoms with Crippen molar-refractivity contribution >= 4 is 28.8 Å². The third kappa shape index (κ3) is 4.91. The van der Waals surface area contributed by atoms with E-state index in [0.29, 0.717) is 22.9 Å². The summed E-state index contributed by atoms with van der Waals surface area (Å²) < 4.78 is 0. The molecule has 0 saturated heterocycles. The van der Waals surface area contributed by atoms with Crippen LogP contribution in [0.25, 0.3) is 0 Å². The van der Waals surface area contributed by atoms with Crippen molar-refractivity contribution in [2.75, 3.05) is 6.61 Å². The number of carbonyl (C=O) groups excluding carboxylic acids is 1. The van der Waals surface area contributed by atoms with Gasteiger partial charge >= 0.3 is 0 Å². The van der Waals surface area contributed by atoms with Crippen molar-refractivity contribution in [3.63, 3.8) is 0 Å². The van der Waals surface area contributed by atoms with Crippen molar-refractivity contribution in [3.8, 4) is 11.8 Å². The largest absolute Gasteiger partial charge is 0.395 e. The van der Waals surface area contributed by atoms with Crippen LogP contribution in [0.2, 0.25) is 5.02 Å². The minimum absolute atomic E-state index is 0.0470. The molecule has 108 valence electrons. The Morgan fingerprint density at radius 1 is 1.33 bits per heavy atom. The number of thiophene rings is 1. The normalized spacial score (nSPS) is 9.81. The Morgan fingerprint density at radius 3 is 2.95 bits per heavy atom. The number of rotatable bonds is 4. The van der Waals surface area contributed by atoms with Crippen molar-refractivity contribution in [2.45, 2.75) is 13.0 Å².